The third-order valence-electron chi connectivity index (χ3n) is 2.21. The van der Waals surface area contributed by atoms with Crippen molar-refractivity contribution in [3.8, 4) is 11.5 Å². The van der Waals surface area contributed by atoms with Crippen LogP contribution in [0.3, 0.4) is 0 Å². The zero-order chi connectivity index (χ0) is 11.5. The molecule has 0 aliphatic rings. The average Bonchev–Trinajstić information content (AvgIpc) is 2.68. The van der Waals surface area contributed by atoms with Crippen molar-refractivity contribution in [2.45, 2.75) is 13.3 Å². The minimum absolute atomic E-state index is 0.351. The van der Waals surface area contributed by atoms with E-state index in [1.165, 1.54) is 0 Å². The molecule has 0 unspecified atom stereocenters. The van der Waals surface area contributed by atoms with Gasteiger partial charge in [-0.05, 0) is 25.1 Å². The predicted molar refractivity (Wildman–Crippen MR) is 59.3 cm³/mol. The minimum Gasteiger partial charge on any atom is -0.382 e. The van der Waals surface area contributed by atoms with Gasteiger partial charge in [0, 0.05) is 17.5 Å². The highest BCUT2D eigenvalue weighted by Crippen LogP contribution is 2.20. The van der Waals surface area contributed by atoms with Crippen LogP contribution in [0.25, 0.3) is 11.5 Å². The topological polar surface area (TPSA) is 119 Å². The Morgan fingerprint density at radius 3 is 2.81 bits per heavy atom. The van der Waals surface area contributed by atoms with E-state index in [9.17, 15) is 0 Å². The number of nitrogens with two attached hydrogens (primary N) is 2. The van der Waals surface area contributed by atoms with E-state index in [-0.39, 0.29) is 0 Å². The molecule has 16 heavy (non-hydrogen) atoms. The Hall–Kier alpha value is -2.02. The molecular formula is C9H13N7. The van der Waals surface area contributed by atoms with E-state index in [2.05, 4.69) is 25.4 Å². The molecular weight excluding hydrogens is 206 g/mol. The molecule has 0 aliphatic carbocycles. The maximum absolute atomic E-state index is 5.74. The number of aryl methyl sites for hydroxylation is 1. The normalized spacial score (nSPS) is 10.6. The first-order chi connectivity index (χ1) is 7.72. The molecule has 0 saturated heterocycles. The van der Waals surface area contributed by atoms with E-state index in [0.717, 1.165) is 11.3 Å². The van der Waals surface area contributed by atoms with Crippen molar-refractivity contribution in [2.75, 3.05) is 12.3 Å². The second-order valence-electron chi connectivity index (χ2n) is 3.46. The summed E-state index contributed by atoms with van der Waals surface area (Å²) < 4.78 is 0. The first kappa shape index (κ1) is 10.5. The zero-order valence-electron chi connectivity index (χ0n) is 8.94. The van der Waals surface area contributed by atoms with Crippen LogP contribution in [0.4, 0.5) is 5.82 Å². The first-order valence-electron chi connectivity index (χ1n) is 4.92. The van der Waals surface area contributed by atoms with E-state index in [1.54, 1.807) is 6.20 Å². The summed E-state index contributed by atoms with van der Waals surface area (Å²) >= 11 is 0. The van der Waals surface area contributed by atoms with Gasteiger partial charge in [0.1, 0.15) is 5.69 Å². The Kier molecular flexibility index (Phi) is 2.78. The molecule has 0 aliphatic heterocycles. The standard InChI is InChI=1S/C9H13N7/c1-5-4-12-9(13-5)7-6(2-3-10)8(11)15-16-14-7/h4H,2-3,10H2,1H3,(H,12,13)(H2,11,14,15). The zero-order valence-corrected chi connectivity index (χ0v) is 8.94. The largest absolute Gasteiger partial charge is 0.382 e. The fraction of sp³-hybridized carbons (Fsp3) is 0.333. The van der Waals surface area contributed by atoms with Crippen LogP contribution in [0, 0.1) is 6.92 Å². The maximum atomic E-state index is 5.74. The number of nitrogens with one attached hydrogen (secondary N) is 1. The van der Waals surface area contributed by atoms with E-state index < -0.39 is 0 Å². The summed E-state index contributed by atoms with van der Waals surface area (Å²) in [5, 5.41) is 11.2. The van der Waals surface area contributed by atoms with Crippen LogP contribution in [0.5, 0.6) is 0 Å². The van der Waals surface area contributed by atoms with Gasteiger partial charge >= 0.3 is 0 Å². The van der Waals surface area contributed by atoms with Crippen molar-refractivity contribution in [2.24, 2.45) is 5.73 Å². The molecule has 0 radical (unpaired) electrons. The van der Waals surface area contributed by atoms with Crippen molar-refractivity contribution < 1.29 is 0 Å². The summed E-state index contributed by atoms with van der Waals surface area (Å²) in [4.78, 5) is 7.27. The van der Waals surface area contributed by atoms with Gasteiger partial charge in [-0.1, -0.05) is 0 Å². The number of aromatic amines is 1. The molecule has 0 spiro atoms. The van der Waals surface area contributed by atoms with Crippen molar-refractivity contribution in [1.82, 2.24) is 25.4 Å². The monoisotopic (exact) mass is 219 g/mol. The molecule has 7 heteroatoms. The van der Waals surface area contributed by atoms with Gasteiger partial charge in [-0.2, -0.15) is 0 Å². The lowest BCUT2D eigenvalue weighted by atomic mass is 10.1. The molecule has 7 nitrogen and oxygen atoms in total. The molecule has 0 atom stereocenters. The molecule has 5 N–H and O–H groups in total. The number of rotatable bonds is 3. The van der Waals surface area contributed by atoms with Crippen LogP contribution in [0.1, 0.15) is 11.3 Å². The smallest absolute Gasteiger partial charge is 0.158 e. The molecule has 0 fully saturated rings. The molecule has 0 aromatic carbocycles. The number of hydrogen-bond donors (Lipinski definition) is 3. The molecule has 2 heterocycles. The van der Waals surface area contributed by atoms with Gasteiger partial charge in [0.2, 0.25) is 0 Å². The van der Waals surface area contributed by atoms with Gasteiger partial charge in [0.25, 0.3) is 0 Å². The fourth-order valence-corrected chi connectivity index (χ4v) is 1.47. The molecule has 0 saturated carbocycles. The van der Waals surface area contributed by atoms with E-state index >= 15 is 0 Å². The number of H-pyrrole nitrogens is 1. The Bertz CT molecular complexity index is 490. The number of anilines is 1. The molecule has 2 rings (SSSR count). The van der Waals surface area contributed by atoms with Crippen molar-refractivity contribution in [1.29, 1.82) is 0 Å². The number of imidazole rings is 1. The highest BCUT2D eigenvalue weighted by atomic mass is 15.3. The van der Waals surface area contributed by atoms with E-state index in [0.29, 0.717) is 30.3 Å². The number of aromatic nitrogens is 5. The number of nitrogens with zero attached hydrogens (tertiary/aromatic N) is 4. The fourth-order valence-electron chi connectivity index (χ4n) is 1.47. The van der Waals surface area contributed by atoms with Crippen LogP contribution in [0.15, 0.2) is 6.20 Å². The van der Waals surface area contributed by atoms with Crippen molar-refractivity contribution in [3.63, 3.8) is 0 Å². The van der Waals surface area contributed by atoms with E-state index in [1.807, 2.05) is 6.92 Å². The number of nitrogen functional groups attached to an aromatic ring is 1. The molecule has 84 valence electrons. The van der Waals surface area contributed by atoms with Crippen LogP contribution in [0.2, 0.25) is 0 Å². The summed E-state index contributed by atoms with van der Waals surface area (Å²) in [6.07, 6.45) is 2.32. The minimum atomic E-state index is 0.351. The van der Waals surface area contributed by atoms with Crippen molar-refractivity contribution in [3.05, 3.63) is 17.5 Å². The third kappa shape index (κ3) is 1.84. The summed E-state index contributed by atoms with van der Waals surface area (Å²) in [5.41, 5.74) is 13.6. The molecule has 0 amide bonds. The lowest BCUT2D eigenvalue weighted by molar-refractivity contribution is 0.838. The lowest BCUT2D eigenvalue weighted by Crippen LogP contribution is -2.11. The average molecular weight is 219 g/mol. The Balaban J connectivity index is 2.51. The van der Waals surface area contributed by atoms with Crippen LogP contribution in [-0.2, 0) is 6.42 Å². The Morgan fingerprint density at radius 2 is 2.19 bits per heavy atom. The predicted octanol–water partition coefficient (Wildman–Crippen LogP) is -0.346. The molecule has 2 aromatic heterocycles. The van der Waals surface area contributed by atoms with Gasteiger partial charge in [0.05, 0.1) is 0 Å². The van der Waals surface area contributed by atoms with Gasteiger partial charge in [-0.25, -0.2) is 4.98 Å². The first-order valence-corrected chi connectivity index (χ1v) is 4.92. The summed E-state index contributed by atoms with van der Waals surface area (Å²) in [5.74, 6) is 0.993. The summed E-state index contributed by atoms with van der Waals surface area (Å²) in [7, 11) is 0. The van der Waals surface area contributed by atoms with Gasteiger partial charge in [-0.15, -0.1) is 10.2 Å². The maximum Gasteiger partial charge on any atom is 0.158 e. The summed E-state index contributed by atoms with van der Waals surface area (Å²) in [6, 6.07) is 0. The Labute approximate surface area is 92.3 Å². The highest BCUT2D eigenvalue weighted by Gasteiger charge is 2.13. The van der Waals surface area contributed by atoms with Gasteiger partial charge < -0.3 is 16.5 Å². The second kappa shape index (κ2) is 4.23. The highest BCUT2D eigenvalue weighted by molar-refractivity contribution is 5.60. The van der Waals surface area contributed by atoms with E-state index in [4.69, 9.17) is 11.5 Å². The van der Waals surface area contributed by atoms with Crippen LogP contribution >= 0.6 is 0 Å². The lowest BCUT2D eigenvalue weighted by Gasteiger charge is -2.05. The SMILES string of the molecule is Cc1cnc(-c2nnnc(N)c2CCN)[nH]1. The van der Waals surface area contributed by atoms with Crippen LogP contribution in [-0.4, -0.2) is 31.9 Å². The van der Waals surface area contributed by atoms with Crippen LogP contribution < -0.4 is 11.5 Å². The third-order valence-corrected chi connectivity index (χ3v) is 2.21. The summed E-state index contributed by atoms with van der Waals surface area (Å²) in [6.45, 7) is 2.39. The molecule has 2 aromatic rings. The van der Waals surface area contributed by atoms with Gasteiger partial charge in [-0.3, -0.25) is 0 Å². The number of hydrogen-bond acceptors (Lipinski definition) is 6. The quantitative estimate of drug-likeness (QED) is 0.649. The molecule has 0 bridgehead atoms. The second-order valence-corrected chi connectivity index (χ2v) is 3.46. The Morgan fingerprint density at radius 1 is 1.38 bits per heavy atom. The van der Waals surface area contributed by atoms with Crippen molar-refractivity contribution >= 4 is 5.82 Å². The van der Waals surface area contributed by atoms with Gasteiger partial charge in [0.15, 0.2) is 11.6 Å².